The summed E-state index contributed by atoms with van der Waals surface area (Å²) in [6.07, 6.45) is 0.879. The molecule has 0 spiro atoms. The number of carboxylic acid groups (broad SMARTS) is 1. The van der Waals surface area contributed by atoms with Crippen molar-refractivity contribution in [3.63, 3.8) is 0 Å². The Labute approximate surface area is 236 Å². The van der Waals surface area contributed by atoms with Gasteiger partial charge >= 0.3 is 12.2 Å². The Hall–Kier alpha value is -4.87. The highest BCUT2D eigenvalue weighted by atomic mass is 19.1. The number of para-hydroxylation sites is 1. The largest absolute Gasteiger partial charge is 0.489 e. The van der Waals surface area contributed by atoms with Gasteiger partial charge in [-0.1, -0.05) is 18.2 Å². The second-order valence-corrected chi connectivity index (χ2v) is 10.5. The lowest BCUT2D eigenvalue weighted by atomic mass is 10.1. The molecule has 2 aromatic heterocycles. The molecule has 2 heterocycles. The summed E-state index contributed by atoms with van der Waals surface area (Å²) < 4.78 is 27.2. The molecule has 12 heteroatoms. The number of fused-ring (bicyclic) bond motifs is 1. The summed E-state index contributed by atoms with van der Waals surface area (Å²) >= 11 is 0. The van der Waals surface area contributed by atoms with E-state index in [2.05, 4.69) is 20.7 Å². The minimum absolute atomic E-state index is 0.124. The van der Waals surface area contributed by atoms with Crippen molar-refractivity contribution in [3.8, 4) is 11.5 Å². The summed E-state index contributed by atoms with van der Waals surface area (Å²) in [5.74, 6) is 0.799. The van der Waals surface area contributed by atoms with E-state index >= 15 is 0 Å². The molecule has 0 radical (unpaired) electrons. The van der Waals surface area contributed by atoms with Gasteiger partial charge < -0.3 is 19.9 Å². The first-order valence-corrected chi connectivity index (χ1v) is 13.0. The predicted molar refractivity (Wildman–Crippen MR) is 152 cm³/mol. The average molecular weight is 565 g/mol. The van der Waals surface area contributed by atoms with E-state index in [0.29, 0.717) is 34.2 Å². The SMILES string of the molecule is C[C@@H](CN(C(=O)O)C(C)(C)C)Oc1ccc(F)cc1[C@@H](C)Nc1ccn2ncc(NC(=O)Oc3ccccc3)c2n1. The minimum Gasteiger partial charge on any atom is -0.489 e. The number of carbonyl (C=O) groups excluding carboxylic acids is 1. The van der Waals surface area contributed by atoms with E-state index in [4.69, 9.17) is 9.47 Å². The molecule has 0 fully saturated rings. The Bertz CT molecular complexity index is 1520. The molecule has 0 aliphatic heterocycles. The fraction of sp³-hybridized carbons (Fsp3) is 0.310. The number of nitrogens with one attached hydrogen (secondary N) is 2. The molecule has 2 amide bonds. The third-order valence-corrected chi connectivity index (χ3v) is 6.17. The normalized spacial score (nSPS) is 12.8. The van der Waals surface area contributed by atoms with Gasteiger partial charge in [0.05, 0.1) is 18.8 Å². The molecule has 2 atom stereocenters. The maximum absolute atomic E-state index is 14.3. The van der Waals surface area contributed by atoms with Crippen LogP contribution in [0.25, 0.3) is 5.65 Å². The summed E-state index contributed by atoms with van der Waals surface area (Å²) in [4.78, 5) is 30.0. The summed E-state index contributed by atoms with van der Waals surface area (Å²) in [6, 6.07) is 14.1. The van der Waals surface area contributed by atoms with Crippen molar-refractivity contribution in [2.75, 3.05) is 17.2 Å². The van der Waals surface area contributed by atoms with Crippen molar-refractivity contribution in [1.82, 2.24) is 19.5 Å². The third-order valence-electron chi connectivity index (χ3n) is 6.17. The number of hydrogen-bond donors (Lipinski definition) is 3. The van der Waals surface area contributed by atoms with Crippen LogP contribution in [0.4, 0.5) is 25.5 Å². The number of amides is 2. The zero-order valence-corrected chi connectivity index (χ0v) is 23.5. The van der Waals surface area contributed by atoms with Gasteiger partial charge in [0, 0.05) is 17.3 Å². The lowest BCUT2D eigenvalue weighted by molar-refractivity contribution is 0.0693. The van der Waals surface area contributed by atoms with Crippen LogP contribution in [0.5, 0.6) is 11.5 Å². The fourth-order valence-corrected chi connectivity index (χ4v) is 4.18. The Morgan fingerprint density at radius 2 is 1.85 bits per heavy atom. The quantitative estimate of drug-likeness (QED) is 0.219. The average Bonchev–Trinajstić information content (AvgIpc) is 3.29. The molecule has 4 aromatic rings. The van der Waals surface area contributed by atoms with Crippen LogP contribution in [0.2, 0.25) is 0 Å². The molecule has 0 unspecified atom stereocenters. The van der Waals surface area contributed by atoms with E-state index in [1.54, 1.807) is 64.2 Å². The van der Waals surface area contributed by atoms with Crippen LogP contribution in [-0.4, -0.2) is 55.0 Å². The van der Waals surface area contributed by atoms with Gasteiger partial charge in [0.15, 0.2) is 5.65 Å². The number of ether oxygens (including phenoxy) is 2. The summed E-state index contributed by atoms with van der Waals surface area (Å²) in [5.41, 5.74) is 0.614. The van der Waals surface area contributed by atoms with Gasteiger partial charge in [0.25, 0.3) is 0 Å². The van der Waals surface area contributed by atoms with Gasteiger partial charge in [0.2, 0.25) is 0 Å². The first kappa shape index (κ1) is 29.1. The third kappa shape index (κ3) is 7.41. The van der Waals surface area contributed by atoms with Crippen LogP contribution in [0.3, 0.4) is 0 Å². The molecule has 0 aliphatic rings. The number of hydrogen-bond acceptors (Lipinski definition) is 7. The number of anilines is 2. The van der Waals surface area contributed by atoms with Crippen LogP contribution < -0.4 is 20.1 Å². The molecule has 2 aromatic carbocycles. The summed E-state index contributed by atoms with van der Waals surface area (Å²) in [6.45, 7) is 9.13. The van der Waals surface area contributed by atoms with Crippen molar-refractivity contribution in [3.05, 3.63) is 78.4 Å². The molecule has 216 valence electrons. The lowest BCUT2D eigenvalue weighted by Gasteiger charge is -2.35. The van der Waals surface area contributed by atoms with E-state index < -0.39 is 35.7 Å². The van der Waals surface area contributed by atoms with Crippen LogP contribution in [0.1, 0.15) is 46.2 Å². The maximum atomic E-state index is 14.3. The number of carbonyl (C=O) groups is 2. The van der Waals surface area contributed by atoms with Crippen LogP contribution in [0.15, 0.2) is 67.0 Å². The van der Waals surface area contributed by atoms with Crippen molar-refractivity contribution >= 4 is 29.3 Å². The van der Waals surface area contributed by atoms with Gasteiger partial charge in [0.1, 0.15) is 34.9 Å². The molecule has 41 heavy (non-hydrogen) atoms. The van der Waals surface area contributed by atoms with Gasteiger partial charge in [-0.2, -0.15) is 5.10 Å². The molecule has 11 nitrogen and oxygen atoms in total. The molecule has 3 N–H and O–H groups in total. The Balaban J connectivity index is 1.49. The second-order valence-electron chi connectivity index (χ2n) is 10.5. The highest BCUT2D eigenvalue weighted by molar-refractivity contribution is 5.90. The molecule has 0 bridgehead atoms. The Morgan fingerprint density at radius 3 is 2.54 bits per heavy atom. The van der Waals surface area contributed by atoms with Gasteiger partial charge in [-0.25, -0.2) is 23.5 Å². The lowest BCUT2D eigenvalue weighted by Crippen LogP contribution is -2.49. The monoisotopic (exact) mass is 564 g/mol. The van der Waals surface area contributed by atoms with Crippen molar-refractivity contribution in [2.45, 2.75) is 52.3 Å². The number of halogens is 1. The number of nitrogens with zero attached hydrogens (tertiary/aromatic N) is 4. The topological polar surface area (TPSA) is 130 Å². The highest BCUT2D eigenvalue weighted by Crippen LogP contribution is 2.30. The highest BCUT2D eigenvalue weighted by Gasteiger charge is 2.28. The van der Waals surface area contributed by atoms with Crippen molar-refractivity contribution in [1.29, 1.82) is 0 Å². The van der Waals surface area contributed by atoms with E-state index in [1.807, 2.05) is 13.0 Å². The zero-order valence-electron chi connectivity index (χ0n) is 23.5. The second kappa shape index (κ2) is 12.1. The standard InChI is InChI=1S/C29H33FN6O5/c1-18(17-35(28(38)39)29(3,4)5)40-24-12-11-20(30)15-22(24)19(2)32-25-13-14-36-26(34-25)23(16-31-36)33-27(37)41-21-9-7-6-8-10-21/h6-16,18-19H,17H2,1-5H3,(H,32,34)(H,33,37)(H,38,39)/t18-,19+/m0/s1. The Kier molecular flexibility index (Phi) is 8.60. The first-order chi connectivity index (χ1) is 19.4. The van der Waals surface area contributed by atoms with Crippen LogP contribution in [-0.2, 0) is 0 Å². The number of aromatic nitrogens is 3. The number of benzene rings is 2. The molecule has 0 saturated carbocycles. The molecule has 0 saturated heterocycles. The number of rotatable bonds is 9. The Morgan fingerprint density at radius 1 is 1.12 bits per heavy atom. The van der Waals surface area contributed by atoms with Gasteiger partial charge in [-0.15, -0.1) is 0 Å². The predicted octanol–water partition coefficient (Wildman–Crippen LogP) is 6.20. The minimum atomic E-state index is -1.05. The van der Waals surface area contributed by atoms with E-state index in [0.717, 1.165) is 0 Å². The molecular weight excluding hydrogens is 531 g/mol. The molecule has 4 rings (SSSR count). The van der Waals surface area contributed by atoms with Gasteiger partial charge in [-0.05, 0) is 71.0 Å². The van der Waals surface area contributed by atoms with Crippen LogP contribution in [0, 0.1) is 5.82 Å². The van der Waals surface area contributed by atoms with E-state index in [-0.39, 0.29) is 6.54 Å². The fourth-order valence-electron chi connectivity index (χ4n) is 4.18. The van der Waals surface area contributed by atoms with E-state index in [1.165, 1.54) is 33.8 Å². The van der Waals surface area contributed by atoms with Crippen molar-refractivity contribution < 1.29 is 28.6 Å². The van der Waals surface area contributed by atoms with E-state index in [9.17, 15) is 19.1 Å². The van der Waals surface area contributed by atoms with Gasteiger partial charge in [-0.3, -0.25) is 10.2 Å². The summed E-state index contributed by atoms with van der Waals surface area (Å²) in [7, 11) is 0. The smallest absolute Gasteiger partial charge is 0.417 e. The molecule has 0 aliphatic carbocycles. The maximum Gasteiger partial charge on any atom is 0.417 e. The molecular formula is C29H33FN6O5. The van der Waals surface area contributed by atoms with Crippen molar-refractivity contribution in [2.24, 2.45) is 0 Å². The summed E-state index contributed by atoms with van der Waals surface area (Å²) in [5, 5.41) is 19.7. The zero-order chi connectivity index (χ0) is 29.7. The first-order valence-electron chi connectivity index (χ1n) is 13.0. The van der Waals surface area contributed by atoms with Crippen LogP contribution >= 0.6 is 0 Å².